The molecule has 0 saturated heterocycles. The number of hydrogen-bond acceptors (Lipinski definition) is 1. The molecule has 0 amide bonds. The van der Waals surface area contributed by atoms with Crippen molar-refractivity contribution in [3.8, 4) is 66.8 Å². The first kappa shape index (κ1) is 37.1. The van der Waals surface area contributed by atoms with Crippen LogP contribution in [0.3, 0.4) is 0 Å². The lowest BCUT2D eigenvalue weighted by molar-refractivity contribution is 0.723. The molecule has 9 aromatic rings. The molecule has 0 spiro atoms. The van der Waals surface area contributed by atoms with Crippen LogP contribution >= 0.6 is 0 Å². The molecule has 0 unspecified atom stereocenters. The molecular weight excluding hydrogens is 723 g/mol. The second kappa shape index (κ2) is 16.9. The monoisotopic (exact) mass is 769 g/mol. The molecule has 1 heteroatoms. The van der Waals surface area contributed by atoms with E-state index in [4.69, 9.17) is 0 Å². The lowest BCUT2D eigenvalue weighted by atomic mass is 9.93. The average molecular weight is 770 g/mol. The Labute approximate surface area is 354 Å². The first-order valence-electron chi connectivity index (χ1n) is 21.3. The Hall–Kier alpha value is -7.22. The van der Waals surface area contributed by atoms with Gasteiger partial charge in [-0.2, -0.15) is 0 Å². The van der Waals surface area contributed by atoms with E-state index in [0.29, 0.717) is 5.92 Å². The van der Waals surface area contributed by atoms with E-state index in [9.17, 15) is 0 Å². The Morgan fingerprint density at radius 3 is 0.783 bits per heavy atom. The van der Waals surface area contributed by atoms with Gasteiger partial charge in [-0.25, -0.2) is 0 Å². The molecular formula is C59H47N. The second-order valence-corrected chi connectivity index (χ2v) is 16.1. The molecule has 0 bridgehead atoms. The summed E-state index contributed by atoms with van der Waals surface area (Å²) in [6, 6.07) is 84.3. The normalized spacial score (nSPS) is 12.7. The Kier molecular flexibility index (Phi) is 10.5. The molecule has 1 aliphatic rings. The van der Waals surface area contributed by atoms with Crippen molar-refractivity contribution in [1.82, 2.24) is 0 Å². The molecule has 1 nitrogen and oxygen atoms in total. The Balaban J connectivity index is 1.03. The van der Waals surface area contributed by atoms with Crippen LogP contribution in [0.1, 0.15) is 37.2 Å². The Bertz CT molecular complexity index is 2520. The molecule has 10 rings (SSSR count). The highest BCUT2D eigenvalue weighted by Crippen LogP contribution is 2.41. The van der Waals surface area contributed by atoms with E-state index >= 15 is 0 Å². The van der Waals surface area contributed by atoms with Crippen LogP contribution in [-0.4, -0.2) is 0 Å². The zero-order chi connectivity index (χ0) is 40.1. The van der Waals surface area contributed by atoms with Gasteiger partial charge in [0.2, 0.25) is 0 Å². The minimum Gasteiger partial charge on any atom is -0.311 e. The van der Waals surface area contributed by atoms with E-state index in [0.717, 1.165) is 17.1 Å². The fourth-order valence-electron chi connectivity index (χ4n) is 8.99. The quantitative estimate of drug-likeness (QED) is 0.134. The van der Waals surface area contributed by atoms with Crippen molar-refractivity contribution in [1.29, 1.82) is 0 Å². The predicted molar refractivity (Wildman–Crippen MR) is 255 cm³/mol. The maximum atomic E-state index is 2.40. The van der Waals surface area contributed by atoms with Crippen LogP contribution in [0.5, 0.6) is 0 Å². The molecule has 1 fully saturated rings. The van der Waals surface area contributed by atoms with Crippen molar-refractivity contribution in [2.24, 2.45) is 0 Å². The summed E-state index contributed by atoms with van der Waals surface area (Å²) in [6.45, 7) is 0. The first-order valence-corrected chi connectivity index (χ1v) is 21.3. The van der Waals surface area contributed by atoms with Crippen LogP contribution in [0.2, 0.25) is 0 Å². The maximum absolute atomic E-state index is 2.40. The number of nitrogens with zero attached hydrogens (tertiary/aromatic N) is 1. The van der Waals surface area contributed by atoms with Gasteiger partial charge in [0.25, 0.3) is 0 Å². The third-order valence-electron chi connectivity index (χ3n) is 12.2. The summed E-state index contributed by atoms with van der Waals surface area (Å²) in [6.07, 6.45) is 5.25. The molecule has 60 heavy (non-hydrogen) atoms. The largest absolute Gasteiger partial charge is 0.311 e. The van der Waals surface area contributed by atoms with Gasteiger partial charge in [-0.1, -0.05) is 171 Å². The lowest BCUT2D eigenvalue weighted by Crippen LogP contribution is -2.10. The summed E-state index contributed by atoms with van der Waals surface area (Å²) in [5.74, 6) is 0.672. The minimum absolute atomic E-state index is 0.672. The van der Waals surface area contributed by atoms with Crippen molar-refractivity contribution in [3.63, 3.8) is 0 Å². The van der Waals surface area contributed by atoms with Gasteiger partial charge in [0.05, 0.1) is 0 Å². The van der Waals surface area contributed by atoms with Gasteiger partial charge in [-0.05, 0) is 164 Å². The van der Waals surface area contributed by atoms with Crippen molar-refractivity contribution in [2.45, 2.75) is 31.6 Å². The molecule has 0 atom stereocenters. The van der Waals surface area contributed by atoms with Crippen LogP contribution in [0.15, 0.2) is 231 Å². The van der Waals surface area contributed by atoms with Crippen molar-refractivity contribution >= 4 is 17.1 Å². The fraction of sp³-hybridized carbons (Fsp3) is 0.0847. The van der Waals surface area contributed by atoms with Gasteiger partial charge in [-0.3, -0.25) is 0 Å². The predicted octanol–water partition coefficient (Wildman–Crippen LogP) is 16.8. The highest BCUT2D eigenvalue weighted by Gasteiger charge is 2.19. The molecule has 0 N–H and O–H groups in total. The smallest absolute Gasteiger partial charge is 0.0462 e. The number of benzene rings is 9. The number of rotatable bonds is 10. The summed E-state index contributed by atoms with van der Waals surface area (Å²) in [5, 5.41) is 0. The standard InChI is InChI=1S/C59H47N/c1-5-15-44(16-6-1)51-37-52(45-17-7-2-8-18-45)40-55(39-51)49-27-33-58(34-28-49)60(57-31-25-48(26-32-57)43-23-13-14-24-43)59-35-29-50(30-36-59)56-41-53(46-19-9-3-10-20-46)38-54(42-56)47-21-11-4-12-22-47/h1-12,15-22,25-43H,13-14,23-24H2. The zero-order valence-electron chi connectivity index (χ0n) is 33.8. The highest BCUT2D eigenvalue weighted by molar-refractivity contribution is 5.85. The van der Waals surface area contributed by atoms with Gasteiger partial charge in [0, 0.05) is 17.1 Å². The van der Waals surface area contributed by atoms with Crippen molar-refractivity contribution < 1.29 is 0 Å². The number of anilines is 3. The lowest BCUT2D eigenvalue weighted by Gasteiger charge is -2.26. The molecule has 0 heterocycles. The third kappa shape index (κ3) is 7.95. The Morgan fingerprint density at radius 1 is 0.250 bits per heavy atom. The zero-order valence-corrected chi connectivity index (χ0v) is 33.8. The van der Waals surface area contributed by atoms with Crippen molar-refractivity contribution in [3.05, 3.63) is 236 Å². The third-order valence-corrected chi connectivity index (χ3v) is 12.2. The summed E-state index contributed by atoms with van der Waals surface area (Å²) in [7, 11) is 0. The molecule has 0 radical (unpaired) electrons. The van der Waals surface area contributed by atoms with Gasteiger partial charge in [-0.15, -0.1) is 0 Å². The van der Waals surface area contributed by atoms with Crippen LogP contribution in [0, 0.1) is 0 Å². The van der Waals surface area contributed by atoms with Gasteiger partial charge >= 0.3 is 0 Å². The van der Waals surface area contributed by atoms with Crippen LogP contribution in [-0.2, 0) is 0 Å². The molecule has 1 saturated carbocycles. The van der Waals surface area contributed by atoms with Crippen LogP contribution in [0.25, 0.3) is 66.8 Å². The maximum Gasteiger partial charge on any atom is 0.0462 e. The fourth-order valence-corrected chi connectivity index (χ4v) is 8.99. The summed E-state index contributed by atoms with van der Waals surface area (Å²) in [5.41, 5.74) is 19.4. The summed E-state index contributed by atoms with van der Waals surface area (Å²) >= 11 is 0. The van der Waals surface area contributed by atoms with Gasteiger partial charge in [0.1, 0.15) is 0 Å². The van der Waals surface area contributed by atoms with E-state index in [-0.39, 0.29) is 0 Å². The summed E-state index contributed by atoms with van der Waals surface area (Å²) < 4.78 is 0. The van der Waals surface area contributed by atoms with E-state index in [1.165, 1.54) is 98.0 Å². The van der Waals surface area contributed by atoms with Crippen LogP contribution < -0.4 is 4.90 Å². The molecule has 1 aliphatic carbocycles. The van der Waals surface area contributed by atoms with E-state index in [1.807, 2.05) is 0 Å². The molecule has 0 aromatic heterocycles. The molecule has 0 aliphatic heterocycles. The summed E-state index contributed by atoms with van der Waals surface area (Å²) in [4.78, 5) is 2.40. The Morgan fingerprint density at radius 2 is 0.500 bits per heavy atom. The molecule has 288 valence electrons. The van der Waals surface area contributed by atoms with E-state index < -0.39 is 0 Å². The van der Waals surface area contributed by atoms with Gasteiger partial charge in [0.15, 0.2) is 0 Å². The molecule has 9 aromatic carbocycles. The topological polar surface area (TPSA) is 3.24 Å². The van der Waals surface area contributed by atoms with Crippen LogP contribution in [0.4, 0.5) is 17.1 Å². The van der Waals surface area contributed by atoms with E-state index in [1.54, 1.807) is 0 Å². The van der Waals surface area contributed by atoms with Gasteiger partial charge < -0.3 is 4.90 Å². The first-order chi connectivity index (χ1) is 29.7. The highest BCUT2D eigenvalue weighted by atomic mass is 15.1. The number of hydrogen-bond donors (Lipinski definition) is 0. The minimum atomic E-state index is 0.672. The average Bonchev–Trinajstić information content (AvgIpc) is 3.89. The van der Waals surface area contributed by atoms with Crippen molar-refractivity contribution in [2.75, 3.05) is 4.90 Å². The second-order valence-electron chi connectivity index (χ2n) is 16.1. The van der Waals surface area contributed by atoms with E-state index in [2.05, 4.69) is 235 Å². The SMILES string of the molecule is c1ccc(-c2cc(-c3ccccc3)cc(-c3ccc(N(c4ccc(-c5cc(-c6ccccc6)cc(-c6ccccc6)c5)cc4)c4ccc(C5CCCC5)cc4)cc3)c2)cc1.